The second kappa shape index (κ2) is 10.1. The predicted octanol–water partition coefficient (Wildman–Crippen LogP) is 5.74. The first-order valence-corrected chi connectivity index (χ1v) is 12.8. The molecule has 2 aromatic carbocycles. The summed E-state index contributed by atoms with van der Waals surface area (Å²) >= 11 is 0. The molecule has 1 heterocycles. The van der Waals surface area contributed by atoms with Crippen LogP contribution in [-0.2, 0) is 17.8 Å². The lowest BCUT2D eigenvalue weighted by Crippen LogP contribution is -2.28. The van der Waals surface area contributed by atoms with E-state index in [1.165, 1.54) is 6.92 Å². The van der Waals surface area contributed by atoms with Crippen molar-refractivity contribution in [3.63, 3.8) is 0 Å². The minimum absolute atomic E-state index is 0.0898. The first kappa shape index (κ1) is 24.0. The van der Waals surface area contributed by atoms with Crippen molar-refractivity contribution in [2.24, 2.45) is 5.92 Å². The lowest BCUT2D eigenvalue weighted by molar-refractivity contribution is -0.116. The van der Waals surface area contributed by atoms with Gasteiger partial charge in [-0.3, -0.25) is 9.59 Å². The number of benzene rings is 2. The largest absolute Gasteiger partial charge is 0.506 e. The van der Waals surface area contributed by atoms with Crippen LogP contribution < -0.4 is 10.5 Å². The summed E-state index contributed by atoms with van der Waals surface area (Å²) < 4.78 is 5.69. The molecule has 2 aliphatic carbocycles. The van der Waals surface area contributed by atoms with Crippen LogP contribution in [0.3, 0.4) is 0 Å². The van der Waals surface area contributed by atoms with E-state index in [9.17, 15) is 19.5 Å². The number of nitrogens with zero attached hydrogens (tertiary/aromatic N) is 1. The van der Waals surface area contributed by atoms with Crippen LogP contribution in [0.1, 0.15) is 84.2 Å². The van der Waals surface area contributed by atoms with Crippen LogP contribution in [-0.4, -0.2) is 16.8 Å². The number of aromatic hydroxyl groups is 1. The molecule has 5 rings (SSSR count). The van der Waals surface area contributed by atoms with Crippen molar-refractivity contribution in [2.75, 3.05) is 4.90 Å². The number of hydrogen-bond donors (Lipinski definition) is 1. The van der Waals surface area contributed by atoms with Gasteiger partial charge in [-0.2, -0.15) is 0 Å². The molecule has 1 fully saturated rings. The Morgan fingerprint density at radius 3 is 2.50 bits per heavy atom. The zero-order valence-corrected chi connectivity index (χ0v) is 20.5. The van der Waals surface area contributed by atoms with Crippen molar-refractivity contribution in [1.29, 1.82) is 0 Å². The summed E-state index contributed by atoms with van der Waals surface area (Å²) in [4.78, 5) is 40.4. The molecule has 1 N–H and O–H groups in total. The Hall–Kier alpha value is -3.67. The van der Waals surface area contributed by atoms with Crippen LogP contribution in [0.2, 0.25) is 0 Å². The summed E-state index contributed by atoms with van der Waals surface area (Å²) in [5, 5.41) is 11.3. The molecule has 0 saturated heterocycles. The van der Waals surface area contributed by atoms with Crippen molar-refractivity contribution in [1.82, 2.24) is 0 Å². The Balaban J connectivity index is 1.57. The van der Waals surface area contributed by atoms with Crippen LogP contribution in [0.25, 0.3) is 0 Å². The Bertz CT molecular complexity index is 1340. The zero-order valence-electron chi connectivity index (χ0n) is 20.5. The van der Waals surface area contributed by atoms with Gasteiger partial charge in [-0.25, -0.2) is 4.79 Å². The van der Waals surface area contributed by atoms with Gasteiger partial charge < -0.3 is 14.4 Å². The number of carbonyl (C=O) groups excluding carboxylic acids is 2. The number of fused-ring (bicyclic) bond motifs is 1. The van der Waals surface area contributed by atoms with Gasteiger partial charge in [0.1, 0.15) is 11.5 Å². The van der Waals surface area contributed by atoms with Crippen LogP contribution >= 0.6 is 0 Å². The Morgan fingerprint density at radius 2 is 1.78 bits per heavy atom. The van der Waals surface area contributed by atoms with Crippen LogP contribution in [0.4, 0.5) is 5.69 Å². The fourth-order valence-corrected chi connectivity index (χ4v) is 5.33. The molecular weight excluding hydrogens is 454 g/mol. The van der Waals surface area contributed by atoms with Gasteiger partial charge in [0.05, 0.1) is 17.7 Å². The minimum atomic E-state index is -0.574. The maximum absolute atomic E-state index is 13.2. The third-order valence-electron chi connectivity index (χ3n) is 7.30. The number of Topliss-reactive ketones (excluding diaryl/α,β-unsaturated/α-hetero) is 1. The van der Waals surface area contributed by atoms with Crippen LogP contribution in [0.15, 0.2) is 63.8 Å². The highest BCUT2D eigenvalue weighted by molar-refractivity contribution is 6.00. The van der Waals surface area contributed by atoms with E-state index in [4.69, 9.17) is 4.42 Å². The van der Waals surface area contributed by atoms with Crippen molar-refractivity contribution in [2.45, 2.75) is 64.3 Å². The van der Waals surface area contributed by atoms with Gasteiger partial charge >= 0.3 is 5.63 Å². The second-order valence-corrected chi connectivity index (χ2v) is 9.93. The highest BCUT2D eigenvalue weighted by Crippen LogP contribution is 2.49. The van der Waals surface area contributed by atoms with Crippen molar-refractivity contribution >= 4 is 17.4 Å². The maximum atomic E-state index is 13.2. The quantitative estimate of drug-likeness (QED) is 0.481. The summed E-state index contributed by atoms with van der Waals surface area (Å²) in [6.45, 7) is 1.96. The van der Waals surface area contributed by atoms with E-state index >= 15 is 0 Å². The van der Waals surface area contributed by atoms with E-state index in [1.807, 2.05) is 54.6 Å². The molecule has 1 atom stereocenters. The van der Waals surface area contributed by atoms with Gasteiger partial charge in [-0.1, -0.05) is 48.9 Å². The molecule has 186 valence electrons. The molecule has 2 aliphatic rings. The van der Waals surface area contributed by atoms with Crippen LogP contribution in [0.5, 0.6) is 5.75 Å². The fourth-order valence-electron chi connectivity index (χ4n) is 5.33. The fraction of sp³-hybridized carbons (Fsp3) is 0.367. The molecule has 6 nitrogen and oxygen atoms in total. The molecule has 0 spiro atoms. The first-order valence-electron chi connectivity index (χ1n) is 12.8. The lowest BCUT2D eigenvalue weighted by Gasteiger charge is -2.25. The van der Waals surface area contributed by atoms with E-state index in [2.05, 4.69) is 0 Å². The molecule has 36 heavy (non-hydrogen) atoms. The van der Waals surface area contributed by atoms with Gasteiger partial charge in [0, 0.05) is 31.4 Å². The molecule has 3 aromatic rings. The summed E-state index contributed by atoms with van der Waals surface area (Å²) in [6, 6.07) is 17.4. The van der Waals surface area contributed by atoms with Gasteiger partial charge in [0.2, 0.25) is 5.91 Å². The second-order valence-electron chi connectivity index (χ2n) is 9.93. The summed E-state index contributed by atoms with van der Waals surface area (Å²) in [7, 11) is 0. The van der Waals surface area contributed by atoms with Gasteiger partial charge in [-0.05, 0) is 54.9 Å². The topological polar surface area (TPSA) is 87.8 Å². The summed E-state index contributed by atoms with van der Waals surface area (Å²) in [5.74, 6) is -0.414. The van der Waals surface area contributed by atoms with E-state index in [-0.39, 0.29) is 34.5 Å². The third-order valence-corrected chi connectivity index (χ3v) is 7.30. The average Bonchev–Trinajstić information content (AvgIpc) is 3.69. The van der Waals surface area contributed by atoms with E-state index in [1.54, 1.807) is 4.90 Å². The number of anilines is 1. The van der Waals surface area contributed by atoms with E-state index < -0.39 is 11.5 Å². The molecule has 6 heteroatoms. The monoisotopic (exact) mass is 485 g/mol. The van der Waals surface area contributed by atoms with Crippen molar-refractivity contribution in [3.8, 4) is 5.75 Å². The first-order chi connectivity index (χ1) is 17.4. The molecular formula is C30H31NO5. The smallest absolute Gasteiger partial charge is 0.343 e. The maximum Gasteiger partial charge on any atom is 0.343 e. The van der Waals surface area contributed by atoms with Gasteiger partial charge in [0.15, 0.2) is 5.78 Å². The normalized spacial score (nSPS) is 16.5. The Kier molecular flexibility index (Phi) is 6.77. The van der Waals surface area contributed by atoms with Crippen molar-refractivity contribution < 1.29 is 19.1 Å². The number of hydrogen-bond acceptors (Lipinski definition) is 5. The number of carbonyl (C=O) groups is 2. The molecule has 0 aliphatic heterocycles. The molecule has 1 saturated carbocycles. The predicted molar refractivity (Wildman–Crippen MR) is 137 cm³/mol. The van der Waals surface area contributed by atoms with E-state index in [0.717, 1.165) is 48.9 Å². The SMILES string of the molecule is CC(=O)N(Cc1ccccc1)c1cccc(C(c2c(O)c3c(oc2=O)CCCCCC3=O)C2CC2)c1. The molecule has 0 bridgehead atoms. The third kappa shape index (κ3) is 4.85. The number of ketones is 1. The highest BCUT2D eigenvalue weighted by Gasteiger charge is 2.39. The number of amides is 1. The van der Waals surface area contributed by atoms with Gasteiger partial charge in [0.25, 0.3) is 0 Å². The molecule has 1 amide bonds. The minimum Gasteiger partial charge on any atom is -0.506 e. The number of aryl methyl sites for hydroxylation is 1. The molecule has 1 aromatic heterocycles. The summed E-state index contributed by atoms with van der Waals surface area (Å²) in [6.07, 6.45) is 5.12. The molecule has 0 radical (unpaired) electrons. The van der Waals surface area contributed by atoms with Crippen LogP contribution in [0, 0.1) is 5.92 Å². The van der Waals surface area contributed by atoms with Crippen molar-refractivity contribution in [3.05, 3.63) is 93.0 Å². The average molecular weight is 486 g/mol. The zero-order chi connectivity index (χ0) is 25.2. The Labute approximate surface area is 210 Å². The summed E-state index contributed by atoms with van der Waals surface area (Å²) in [5.41, 5.74) is 2.33. The van der Waals surface area contributed by atoms with E-state index in [0.29, 0.717) is 25.1 Å². The highest BCUT2D eigenvalue weighted by atomic mass is 16.4. The Morgan fingerprint density at radius 1 is 1.03 bits per heavy atom. The lowest BCUT2D eigenvalue weighted by atomic mass is 9.85. The standard InChI is InChI=1S/C30H31NO5/c1-19(32)31(18-20-9-4-2-5-10-20)23-12-8-11-22(17-23)26(21-15-16-21)28-29(34)27-24(33)13-6-3-7-14-25(27)36-30(28)35/h2,4-5,8-12,17,21,26,34H,3,6-7,13-16,18H2,1H3. The van der Waals surface area contributed by atoms with Gasteiger partial charge in [-0.15, -0.1) is 0 Å². The molecule has 1 unspecified atom stereocenters. The number of rotatable bonds is 6.